The number of para-hydroxylation sites is 1. The number of hydrogen-bond donors (Lipinski definition) is 1. The Balaban J connectivity index is 1.66. The minimum atomic E-state index is 0.269. The highest BCUT2D eigenvalue weighted by molar-refractivity contribution is 5.31. The van der Waals surface area contributed by atoms with Crippen LogP contribution in [0.15, 0.2) is 36.7 Å². The van der Waals surface area contributed by atoms with Crippen molar-refractivity contribution in [3.63, 3.8) is 0 Å². The van der Waals surface area contributed by atoms with Crippen LogP contribution in [0.25, 0.3) is 5.69 Å². The Labute approximate surface area is 126 Å². The zero-order chi connectivity index (χ0) is 14.9. The molecule has 0 bridgehead atoms. The maximum Gasteiger partial charge on any atom is 0.151 e. The van der Waals surface area contributed by atoms with Gasteiger partial charge in [-0.25, -0.2) is 0 Å². The largest absolute Gasteiger partial charge is 0.306 e. The van der Waals surface area contributed by atoms with E-state index in [1.807, 2.05) is 22.8 Å². The summed E-state index contributed by atoms with van der Waals surface area (Å²) < 4.78 is 2.04. The van der Waals surface area contributed by atoms with Gasteiger partial charge in [-0.15, -0.1) is 10.2 Å². The van der Waals surface area contributed by atoms with Crippen LogP contribution in [0.1, 0.15) is 26.1 Å². The van der Waals surface area contributed by atoms with Crippen LogP contribution in [-0.4, -0.2) is 44.8 Å². The molecule has 0 unspecified atom stereocenters. The Bertz CT molecular complexity index is 590. The Morgan fingerprint density at radius 2 is 2.05 bits per heavy atom. The molecule has 0 radical (unpaired) electrons. The number of nitrogens with zero attached hydrogens (tertiary/aromatic N) is 4. The summed E-state index contributed by atoms with van der Waals surface area (Å²) in [6.45, 7) is 6.40. The van der Waals surface area contributed by atoms with E-state index in [9.17, 15) is 0 Å². The van der Waals surface area contributed by atoms with Gasteiger partial charge >= 0.3 is 0 Å². The van der Waals surface area contributed by atoms with Crippen molar-refractivity contribution in [3.8, 4) is 5.69 Å². The molecule has 5 nitrogen and oxygen atoms in total. The summed E-state index contributed by atoms with van der Waals surface area (Å²) in [4.78, 5) is 2.41. The van der Waals surface area contributed by atoms with Crippen molar-refractivity contribution in [2.75, 3.05) is 13.6 Å². The number of benzene rings is 1. The second kappa shape index (κ2) is 5.58. The highest BCUT2D eigenvalue weighted by Crippen LogP contribution is 2.26. The molecule has 0 amide bonds. The molecule has 0 saturated carbocycles. The summed E-state index contributed by atoms with van der Waals surface area (Å²) in [6, 6.07) is 10.7. The lowest BCUT2D eigenvalue weighted by Gasteiger charge is -2.26. The van der Waals surface area contributed by atoms with Gasteiger partial charge in [-0.05, 0) is 39.4 Å². The summed E-state index contributed by atoms with van der Waals surface area (Å²) in [6.07, 6.45) is 2.93. The van der Waals surface area contributed by atoms with Crippen molar-refractivity contribution in [2.24, 2.45) is 0 Å². The molecule has 0 aliphatic carbocycles. The van der Waals surface area contributed by atoms with Crippen LogP contribution in [-0.2, 0) is 6.54 Å². The average Bonchev–Trinajstić information content (AvgIpc) is 3.02. The molecule has 21 heavy (non-hydrogen) atoms. The lowest BCUT2D eigenvalue weighted by atomic mass is 10.0. The molecule has 1 aliphatic heterocycles. The number of likely N-dealkylation sites (tertiary alicyclic amines) is 1. The third-order valence-electron chi connectivity index (χ3n) is 4.48. The monoisotopic (exact) mass is 285 g/mol. The SMILES string of the molecule is CN1C[C@@H](NCc2nncn2-c2ccccc2)CC1(C)C. The van der Waals surface area contributed by atoms with Crippen molar-refractivity contribution in [2.45, 2.75) is 38.4 Å². The van der Waals surface area contributed by atoms with Gasteiger partial charge in [-0.3, -0.25) is 9.47 Å². The van der Waals surface area contributed by atoms with E-state index in [1.165, 1.54) is 0 Å². The second-order valence-electron chi connectivity index (χ2n) is 6.43. The molecule has 1 saturated heterocycles. The summed E-state index contributed by atoms with van der Waals surface area (Å²) in [5.41, 5.74) is 1.37. The average molecular weight is 285 g/mol. The van der Waals surface area contributed by atoms with Gasteiger partial charge in [0.1, 0.15) is 6.33 Å². The molecule has 0 spiro atoms. The van der Waals surface area contributed by atoms with Gasteiger partial charge in [0.05, 0.1) is 6.54 Å². The number of aromatic nitrogens is 3. The van der Waals surface area contributed by atoms with Crippen LogP contribution in [0.2, 0.25) is 0 Å². The minimum absolute atomic E-state index is 0.269. The first-order valence-corrected chi connectivity index (χ1v) is 7.45. The molecule has 2 heterocycles. The van der Waals surface area contributed by atoms with Gasteiger partial charge in [0.25, 0.3) is 0 Å². The molecule has 1 aliphatic rings. The fourth-order valence-electron chi connectivity index (χ4n) is 2.96. The molecule has 1 atom stereocenters. The Morgan fingerprint density at radius 3 is 2.71 bits per heavy atom. The van der Waals surface area contributed by atoms with E-state index in [2.05, 4.69) is 53.4 Å². The zero-order valence-electron chi connectivity index (χ0n) is 13.0. The standard InChI is InChI=1S/C16H23N5/c1-16(2)9-13(11-20(16)3)17-10-15-19-18-12-21(15)14-7-5-4-6-8-14/h4-8,12-13,17H,9-11H2,1-3H3/t13-/m0/s1. The predicted molar refractivity (Wildman–Crippen MR) is 83.3 cm³/mol. The summed E-state index contributed by atoms with van der Waals surface area (Å²) in [7, 11) is 2.19. The van der Waals surface area contributed by atoms with Gasteiger partial charge < -0.3 is 5.32 Å². The lowest BCUT2D eigenvalue weighted by molar-refractivity contribution is 0.218. The van der Waals surface area contributed by atoms with Crippen LogP contribution in [0.5, 0.6) is 0 Å². The fourth-order valence-corrected chi connectivity index (χ4v) is 2.96. The molecule has 1 fully saturated rings. The van der Waals surface area contributed by atoms with Crippen molar-refractivity contribution >= 4 is 0 Å². The summed E-state index contributed by atoms with van der Waals surface area (Å²) >= 11 is 0. The van der Waals surface area contributed by atoms with E-state index in [-0.39, 0.29) is 5.54 Å². The van der Waals surface area contributed by atoms with Gasteiger partial charge in [0, 0.05) is 23.8 Å². The van der Waals surface area contributed by atoms with Crippen molar-refractivity contribution in [1.29, 1.82) is 0 Å². The maximum absolute atomic E-state index is 4.25. The second-order valence-corrected chi connectivity index (χ2v) is 6.43. The van der Waals surface area contributed by atoms with E-state index >= 15 is 0 Å². The predicted octanol–water partition coefficient (Wildman–Crippen LogP) is 1.84. The first kappa shape index (κ1) is 14.2. The van der Waals surface area contributed by atoms with Crippen molar-refractivity contribution in [1.82, 2.24) is 25.0 Å². The molecular weight excluding hydrogens is 262 g/mol. The molecule has 112 valence electrons. The molecule has 2 aromatic rings. The Hall–Kier alpha value is -1.72. The first-order valence-electron chi connectivity index (χ1n) is 7.45. The number of rotatable bonds is 4. The molecule has 1 N–H and O–H groups in total. The molecule has 1 aromatic carbocycles. The topological polar surface area (TPSA) is 46.0 Å². The van der Waals surface area contributed by atoms with Crippen molar-refractivity contribution < 1.29 is 0 Å². The molecule has 1 aromatic heterocycles. The van der Waals surface area contributed by atoms with Gasteiger partial charge in [0.15, 0.2) is 5.82 Å². The zero-order valence-corrected chi connectivity index (χ0v) is 13.0. The normalized spacial score (nSPS) is 21.8. The van der Waals surface area contributed by atoms with E-state index in [0.717, 1.165) is 31.0 Å². The number of hydrogen-bond acceptors (Lipinski definition) is 4. The van der Waals surface area contributed by atoms with Crippen LogP contribution in [0.4, 0.5) is 0 Å². The highest BCUT2D eigenvalue weighted by Gasteiger charge is 2.35. The van der Waals surface area contributed by atoms with Crippen LogP contribution >= 0.6 is 0 Å². The van der Waals surface area contributed by atoms with Crippen LogP contribution in [0, 0.1) is 0 Å². The van der Waals surface area contributed by atoms with Crippen LogP contribution in [0.3, 0.4) is 0 Å². The van der Waals surface area contributed by atoms with E-state index < -0.39 is 0 Å². The first-order chi connectivity index (χ1) is 10.1. The number of likely N-dealkylation sites (N-methyl/N-ethyl adjacent to an activating group) is 1. The molecule has 5 heteroatoms. The Kier molecular flexibility index (Phi) is 3.78. The number of nitrogens with one attached hydrogen (secondary N) is 1. The van der Waals surface area contributed by atoms with E-state index in [4.69, 9.17) is 0 Å². The highest BCUT2D eigenvalue weighted by atomic mass is 15.3. The molecular formula is C16H23N5. The van der Waals surface area contributed by atoms with Gasteiger partial charge in [0.2, 0.25) is 0 Å². The van der Waals surface area contributed by atoms with Crippen LogP contribution < -0.4 is 5.32 Å². The Morgan fingerprint density at radius 1 is 1.29 bits per heavy atom. The maximum atomic E-state index is 4.25. The van der Waals surface area contributed by atoms with E-state index in [0.29, 0.717) is 6.04 Å². The lowest BCUT2D eigenvalue weighted by Crippen LogP contribution is -2.34. The third-order valence-corrected chi connectivity index (χ3v) is 4.48. The van der Waals surface area contributed by atoms with E-state index in [1.54, 1.807) is 6.33 Å². The van der Waals surface area contributed by atoms with Gasteiger partial charge in [-0.2, -0.15) is 0 Å². The summed E-state index contributed by atoms with van der Waals surface area (Å²) in [5.74, 6) is 0.952. The fraction of sp³-hybridized carbons (Fsp3) is 0.500. The van der Waals surface area contributed by atoms with Gasteiger partial charge in [-0.1, -0.05) is 18.2 Å². The van der Waals surface area contributed by atoms with Crippen molar-refractivity contribution in [3.05, 3.63) is 42.5 Å². The third kappa shape index (κ3) is 2.99. The smallest absolute Gasteiger partial charge is 0.151 e. The summed E-state index contributed by atoms with van der Waals surface area (Å²) in [5, 5.41) is 11.9. The quantitative estimate of drug-likeness (QED) is 0.931. The minimum Gasteiger partial charge on any atom is -0.306 e. The molecule has 3 rings (SSSR count).